The summed E-state index contributed by atoms with van der Waals surface area (Å²) in [6.45, 7) is 3.14. The molecule has 17 heavy (non-hydrogen) atoms. The highest BCUT2D eigenvalue weighted by Gasteiger charge is 2.27. The van der Waals surface area contributed by atoms with Crippen LogP contribution in [0.2, 0.25) is 0 Å². The summed E-state index contributed by atoms with van der Waals surface area (Å²) in [6.07, 6.45) is 3.55. The second-order valence-corrected chi connectivity index (χ2v) is 5.18. The predicted molar refractivity (Wildman–Crippen MR) is 64.4 cm³/mol. The van der Waals surface area contributed by atoms with Crippen molar-refractivity contribution in [2.45, 2.75) is 31.7 Å². The molecule has 5 heteroatoms. The lowest BCUT2D eigenvalue weighted by molar-refractivity contribution is -0.134. The first-order valence-corrected chi connectivity index (χ1v) is 6.41. The minimum atomic E-state index is -0.181. The Morgan fingerprint density at radius 3 is 2.94 bits per heavy atom. The van der Waals surface area contributed by atoms with Gasteiger partial charge in [-0.15, -0.1) is 0 Å². The van der Waals surface area contributed by atoms with Crippen molar-refractivity contribution in [2.75, 3.05) is 26.7 Å². The van der Waals surface area contributed by atoms with Crippen molar-refractivity contribution in [1.82, 2.24) is 15.5 Å². The number of rotatable bonds is 3. The van der Waals surface area contributed by atoms with Crippen LogP contribution in [0, 0.1) is 5.92 Å². The average Bonchev–Trinajstić information content (AvgIpc) is 2.28. The summed E-state index contributed by atoms with van der Waals surface area (Å²) in [7, 11) is 2.14. The molecule has 2 unspecified atom stereocenters. The Labute approximate surface area is 102 Å². The van der Waals surface area contributed by atoms with Crippen LogP contribution in [0.5, 0.6) is 0 Å². The molecule has 5 nitrogen and oxygen atoms in total. The molecule has 96 valence electrons. The van der Waals surface area contributed by atoms with Crippen LogP contribution in [-0.2, 0) is 9.59 Å². The van der Waals surface area contributed by atoms with Gasteiger partial charge < -0.3 is 10.2 Å². The Hall–Kier alpha value is -0.940. The van der Waals surface area contributed by atoms with Gasteiger partial charge in [-0.2, -0.15) is 0 Å². The molecule has 0 aromatic rings. The van der Waals surface area contributed by atoms with Gasteiger partial charge in [0.15, 0.2) is 0 Å². The van der Waals surface area contributed by atoms with E-state index in [2.05, 4.69) is 22.6 Å². The molecule has 2 atom stereocenters. The summed E-state index contributed by atoms with van der Waals surface area (Å²) < 4.78 is 0. The molecule has 0 saturated carbocycles. The van der Waals surface area contributed by atoms with Gasteiger partial charge in [0.2, 0.25) is 11.8 Å². The van der Waals surface area contributed by atoms with Crippen LogP contribution in [-0.4, -0.2) is 49.4 Å². The van der Waals surface area contributed by atoms with E-state index in [0.717, 1.165) is 13.1 Å². The third kappa shape index (κ3) is 3.51. The van der Waals surface area contributed by atoms with Crippen LogP contribution >= 0.6 is 0 Å². The fraction of sp³-hybridized carbons (Fsp3) is 0.833. The maximum Gasteiger partial charge on any atom is 0.243 e. The van der Waals surface area contributed by atoms with E-state index in [-0.39, 0.29) is 17.9 Å². The lowest BCUT2D eigenvalue weighted by atomic mass is 9.97. The molecule has 0 aromatic heterocycles. The van der Waals surface area contributed by atoms with E-state index in [9.17, 15) is 9.59 Å². The predicted octanol–water partition coefficient (Wildman–Crippen LogP) is -0.277. The van der Waals surface area contributed by atoms with Crippen LogP contribution in [0.3, 0.4) is 0 Å². The Balaban J connectivity index is 1.74. The highest BCUT2D eigenvalue weighted by molar-refractivity contribution is 6.00. The van der Waals surface area contributed by atoms with Crippen molar-refractivity contribution in [3.63, 3.8) is 0 Å². The Kier molecular flexibility index (Phi) is 4.12. The van der Waals surface area contributed by atoms with Crippen molar-refractivity contribution in [3.05, 3.63) is 0 Å². The van der Waals surface area contributed by atoms with Crippen LogP contribution in [0.15, 0.2) is 0 Å². The molecule has 2 aliphatic heterocycles. The van der Waals surface area contributed by atoms with E-state index in [1.165, 1.54) is 19.4 Å². The number of nitrogens with zero attached hydrogens (tertiary/aromatic N) is 1. The number of imide groups is 1. The first-order valence-electron chi connectivity index (χ1n) is 6.41. The largest absolute Gasteiger partial charge is 0.306 e. The summed E-state index contributed by atoms with van der Waals surface area (Å²) in [5.74, 6) is 0.315. The molecule has 0 bridgehead atoms. The van der Waals surface area contributed by atoms with Gasteiger partial charge in [0, 0.05) is 13.0 Å². The van der Waals surface area contributed by atoms with E-state index < -0.39 is 0 Å². The molecule has 2 heterocycles. The van der Waals surface area contributed by atoms with Crippen LogP contribution in [0.1, 0.15) is 25.7 Å². The fourth-order valence-corrected chi connectivity index (χ4v) is 2.64. The number of piperidine rings is 2. The molecule has 2 saturated heterocycles. The Morgan fingerprint density at radius 1 is 1.41 bits per heavy atom. The number of likely N-dealkylation sites (tertiary alicyclic amines) is 1. The summed E-state index contributed by atoms with van der Waals surface area (Å²) in [5, 5.41) is 5.67. The molecule has 2 fully saturated rings. The highest BCUT2D eigenvalue weighted by atomic mass is 16.2. The number of hydrogen-bond acceptors (Lipinski definition) is 4. The van der Waals surface area contributed by atoms with Crippen molar-refractivity contribution >= 4 is 11.8 Å². The van der Waals surface area contributed by atoms with E-state index >= 15 is 0 Å². The third-order valence-electron chi connectivity index (χ3n) is 3.61. The van der Waals surface area contributed by atoms with Gasteiger partial charge in [-0.25, -0.2) is 0 Å². The second kappa shape index (κ2) is 5.60. The molecular formula is C12H21N3O2. The summed E-state index contributed by atoms with van der Waals surface area (Å²) >= 11 is 0. The number of nitrogens with one attached hydrogen (secondary N) is 2. The zero-order valence-corrected chi connectivity index (χ0v) is 10.4. The van der Waals surface area contributed by atoms with E-state index in [1.54, 1.807) is 0 Å². The molecule has 2 rings (SSSR count). The number of carbonyl (C=O) groups is 2. The first-order chi connectivity index (χ1) is 8.15. The molecule has 0 aliphatic carbocycles. The van der Waals surface area contributed by atoms with E-state index in [0.29, 0.717) is 18.8 Å². The SMILES string of the molecule is CN1CCCC(CNC2CCC(=O)NC2=O)C1. The molecule has 2 aliphatic rings. The minimum Gasteiger partial charge on any atom is -0.306 e. The Bertz CT molecular complexity index is 306. The highest BCUT2D eigenvalue weighted by Crippen LogP contribution is 2.14. The maximum atomic E-state index is 11.5. The second-order valence-electron chi connectivity index (χ2n) is 5.18. The number of hydrogen-bond donors (Lipinski definition) is 2. The van der Waals surface area contributed by atoms with Gasteiger partial charge in [-0.1, -0.05) is 0 Å². The van der Waals surface area contributed by atoms with Gasteiger partial charge in [0.25, 0.3) is 0 Å². The minimum absolute atomic E-state index is 0.148. The van der Waals surface area contributed by atoms with Crippen molar-refractivity contribution < 1.29 is 9.59 Å². The van der Waals surface area contributed by atoms with E-state index in [1.807, 2.05) is 0 Å². The standard InChI is InChI=1S/C12H21N3O2/c1-15-6-2-3-9(8-15)7-13-10-4-5-11(16)14-12(10)17/h9-10,13H,2-8H2,1H3,(H,14,16,17). The smallest absolute Gasteiger partial charge is 0.243 e. The van der Waals surface area contributed by atoms with Crippen LogP contribution in [0.4, 0.5) is 0 Å². The molecule has 2 N–H and O–H groups in total. The van der Waals surface area contributed by atoms with E-state index in [4.69, 9.17) is 0 Å². The monoisotopic (exact) mass is 239 g/mol. The normalized spacial score (nSPS) is 31.4. The summed E-state index contributed by atoms with van der Waals surface area (Å²) in [6, 6.07) is -0.181. The van der Waals surface area contributed by atoms with Crippen molar-refractivity contribution in [3.8, 4) is 0 Å². The lowest BCUT2D eigenvalue weighted by Crippen LogP contribution is -2.52. The fourth-order valence-electron chi connectivity index (χ4n) is 2.64. The summed E-state index contributed by atoms with van der Waals surface area (Å²) in [5.41, 5.74) is 0. The lowest BCUT2D eigenvalue weighted by Gasteiger charge is -2.31. The molecule has 2 amide bonds. The average molecular weight is 239 g/mol. The topological polar surface area (TPSA) is 61.4 Å². The van der Waals surface area contributed by atoms with Crippen LogP contribution < -0.4 is 10.6 Å². The molecular weight excluding hydrogens is 218 g/mol. The molecule has 0 aromatic carbocycles. The molecule has 0 spiro atoms. The van der Waals surface area contributed by atoms with Gasteiger partial charge in [0.1, 0.15) is 0 Å². The van der Waals surface area contributed by atoms with Gasteiger partial charge in [0.05, 0.1) is 6.04 Å². The number of amides is 2. The Morgan fingerprint density at radius 2 is 2.24 bits per heavy atom. The third-order valence-corrected chi connectivity index (χ3v) is 3.61. The van der Waals surface area contributed by atoms with Gasteiger partial charge in [-0.3, -0.25) is 14.9 Å². The maximum absolute atomic E-state index is 11.5. The number of carbonyl (C=O) groups excluding carboxylic acids is 2. The quantitative estimate of drug-likeness (QED) is 0.665. The van der Waals surface area contributed by atoms with Gasteiger partial charge >= 0.3 is 0 Å². The van der Waals surface area contributed by atoms with Crippen molar-refractivity contribution in [2.24, 2.45) is 5.92 Å². The molecule has 0 radical (unpaired) electrons. The first kappa shape index (κ1) is 12.5. The zero-order chi connectivity index (χ0) is 12.3. The zero-order valence-electron chi connectivity index (χ0n) is 10.4. The van der Waals surface area contributed by atoms with Gasteiger partial charge in [-0.05, 0) is 45.3 Å². The summed E-state index contributed by atoms with van der Waals surface area (Å²) in [4.78, 5) is 24.9. The van der Waals surface area contributed by atoms with Crippen LogP contribution in [0.25, 0.3) is 0 Å². The van der Waals surface area contributed by atoms with Crippen molar-refractivity contribution in [1.29, 1.82) is 0 Å².